The second-order valence-corrected chi connectivity index (χ2v) is 6.54. The maximum absolute atomic E-state index is 12.3. The molecule has 1 aromatic heterocycles. The molecule has 1 N–H and O–H groups in total. The van der Waals surface area contributed by atoms with Gasteiger partial charge in [0.15, 0.2) is 10.9 Å². The molecule has 0 bridgehead atoms. The van der Waals surface area contributed by atoms with Gasteiger partial charge in [-0.15, -0.1) is 11.3 Å². The largest absolute Gasteiger partial charge is 0.302 e. The van der Waals surface area contributed by atoms with Gasteiger partial charge >= 0.3 is 0 Å². The second kappa shape index (κ2) is 5.41. The topological polar surface area (TPSA) is 59.1 Å². The Morgan fingerprint density at radius 1 is 1.29 bits per heavy atom. The van der Waals surface area contributed by atoms with Crippen molar-refractivity contribution in [3.63, 3.8) is 0 Å². The van der Waals surface area contributed by atoms with Crippen molar-refractivity contribution in [3.8, 4) is 0 Å². The zero-order valence-electron chi connectivity index (χ0n) is 12.0. The summed E-state index contributed by atoms with van der Waals surface area (Å²) in [4.78, 5) is 29.9. The molecule has 1 heterocycles. The first kappa shape index (κ1) is 13.9. The van der Waals surface area contributed by atoms with Crippen LogP contribution in [0.2, 0.25) is 0 Å². The SMILES string of the molecule is Cc1nc(NC(=O)C2CC(=O)c3ccccc3C2)sc1C. The Balaban J connectivity index is 1.76. The Morgan fingerprint density at radius 3 is 2.76 bits per heavy atom. The van der Waals surface area contributed by atoms with Gasteiger partial charge in [-0.25, -0.2) is 4.98 Å². The van der Waals surface area contributed by atoms with E-state index in [0.717, 1.165) is 21.7 Å². The van der Waals surface area contributed by atoms with Crippen molar-refractivity contribution in [2.75, 3.05) is 5.32 Å². The van der Waals surface area contributed by atoms with Gasteiger partial charge in [-0.1, -0.05) is 24.3 Å². The number of rotatable bonds is 2. The lowest BCUT2D eigenvalue weighted by atomic mass is 9.82. The molecule has 0 spiro atoms. The monoisotopic (exact) mass is 300 g/mol. The van der Waals surface area contributed by atoms with Crippen LogP contribution in [0.15, 0.2) is 24.3 Å². The molecule has 0 aliphatic heterocycles. The molecule has 1 aromatic carbocycles. The quantitative estimate of drug-likeness (QED) is 0.927. The minimum absolute atomic E-state index is 0.0449. The highest BCUT2D eigenvalue weighted by atomic mass is 32.1. The number of nitrogens with zero attached hydrogens (tertiary/aromatic N) is 1. The molecular formula is C16H16N2O2S. The summed E-state index contributed by atoms with van der Waals surface area (Å²) in [6.45, 7) is 3.89. The molecule has 0 radical (unpaired) electrons. The maximum atomic E-state index is 12.3. The number of fused-ring (bicyclic) bond motifs is 1. The zero-order valence-corrected chi connectivity index (χ0v) is 12.8. The fourth-order valence-corrected chi connectivity index (χ4v) is 3.38. The lowest BCUT2D eigenvalue weighted by Gasteiger charge is -2.22. The van der Waals surface area contributed by atoms with Gasteiger partial charge in [-0.3, -0.25) is 9.59 Å². The number of Topliss-reactive ketones (excluding diaryl/α,β-unsaturated/α-hetero) is 1. The number of hydrogen-bond donors (Lipinski definition) is 1. The normalized spacial score (nSPS) is 17.4. The Bertz CT molecular complexity index is 701. The number of nitrogens with one attached hydrogen (secondary N) is 1. The Hall–Kier alpha value is -2.01. The van der Waals surface area contributed by atoms with Crippen LogP contribution in [0.5, 0.6) is 0 Å². The summed E-state index contributed by atoms with van der Waals surface area (Å²) >= 11 is 1.47. The summed E-state index contributed by atoms with van der Waals surface area (Å²) in [5, 5.41) is 3.45. The van der Waals surface area contributed by atoms with Gasteiger partial charge < -0.3 is 5.32 Å². The highest BCUT2D eigenvalue weighted by molar-refractivity contribution is 7.15. The van der Waals surface area contributed by atoms with Crippen molar-refractivity contribution in [1.29, 1.82) is 0 Å². The van der Waals surface area contributed by atoms with E-state index in [4.69, 9.17) is 0 Å². The third-order valence-electron chi connectivity index (χ3n) is 3.85. The fourth-order valence-electron chi connectivity index (χ4n) is 2.56. The molecule has 5 heteroatoms. The Kier molecular flexibility index (Phi) is 3.59. The van der Waals surface area contributed by atoms with E-state index >= 15 is 0 Å². The van der Waals surface area contributed by atoms with Crippen LogP contribution in [0.25, 0.3) is 0 Å². The number of amides is 1. The third kappa shape index (κ3) is 2.74. The lowest BCUT2D eigenvalue weighted by molar-refractivity contribution is -0.119. The standard InChI is InChI=1S/C16H16N2O2S/c1-9-10(2)21-16(17-9)18-15(20)12-7-11-5-3-4-6-13(11)14(19)8-12/h3-6,12H,7-8H2,1-2H3,(H,17,18,20). The van der Waals surface area contributed by atoms with Crippen molar-refractivity contribution < 1.29 is 9.59 Å². The second-order valence-electron chi connectivity index (χ2n) is 5.34. The molecule has 21 heavy (non-hydrogen) atoms. The predicted octanol–water partition coefficient (Wildman–Crippen LogP) is 3.14. The fraction of sp³-hybridized carbons (Fsp3) is 0.312. The minimum Gasteiger partial charge on any atom is -0.302 e. The molecule has 0 fully saturated rings. The number of aromatic nitrogens is 1. The van der Waals surface area contributed by atoms with Crippen molar-refractivity contribution in [2.24, 2.45) is 5.92 Å². The number of anilines is 1. The first-order chi connectivity index (χ1) is 10.0. The van der Waals surface area contributed by atoms with Crippen molar-refractivity contribution in [1.82, 2.24) is 4.98 Å². The van der Waals surface area contributed by atoms with E-state index in [1.165, 1.54) is 11.3 Å². The first-order valence-corrected chi connectivity index (χ1v) is 7.72. The Morgan fingerprint density at radius 2 is 2.05 bits per heavy atom. The van der Waals surface area contributed by atoms with Crippen molar-refractivity contribution in [3.05, 3.63) is 46.0 Å². The van der Waals surface area contributed by atoms with Crippen LogP contribution in [0.4, 0.5) is 5.13 Å². The van der Waals surface area contributed by atoms with Gasteiger partial charge in [-0.05, 0) is 25.8 Å². The van der Waals surface area contributed by atoms with Gasteiger partial charge in [0.25, 0.3) is 0 Å². The number of aryl methyl sites for hydroxylation is 2. The van der Waals surface area contributed by atoms with E-state index in [0.29, 0.717) is 11.6 Å². The molecular weight excluding hydrogens is 284 g/mol. The van der Waals surface area contributed by atoms with E-state index in [-0.39, 0.29) is 24.0 Å². The van der Waals surface area contributed by atoms with Gasteiger partial charge in [0, 0.05) is 22.8 Å². The molecule has 1 atom stereocenters. The molecule has 1 aliphatic rings. The van der Waals surface area contributed by atoms with E-state index in [9.17, 15) is 9.59 Å². The average Bonchev–Trinajstić information content (AvgIpc) is 2.77. The van der Waals surface area contributed by atoms with Gasteiger partial charge in [0.2, 0.25) is 5.91 Å². The van der Waals surface area contributed by atoms with Crippen molar-refractivity contribution >= 4 is 28.2 Å². The molecule has 1 aliphatic carbocycles. The van der Waals surface area contributed by atoms with E-state index < -0.39 is 0 Å². The molecule has 0 saturated heterocycles. The van der Waals surface area contributed by atoms with Crippen LogP contribution in [0.1, 0.15) is 32.9 Å². The van der Waals surface area contributed by atoms with Crippen LogP contribution in [0, 0.1) is 19.8 Å². The number of benzene rings is 1. The molecule has 2 aromatic rings. The van der Waals surface area contributed by atoms with Crippen LogP contribution in [0.3, 0.4) is 0 Å². The lowest BCUT2D eigenvalue weighted by Crippen LogP contribution is -2.30. The molecule has 3 rings (SSSR count). The summed E-state index contributed by atoms with van der Waals surface area (Å²) in [6.07, 6.45) is 0.878. The molecule has 108 valence electrons. The predicted molar refractivity (Wildman–Crippen MR) is 82.8 cm³/mol. The van der Waals surface area contributed by atoms with E-state index in [1.807, 2.05) is 38.1 Å². The summed E-state index contributed by atoms with van der Waals surface area (Å²) in [6, 6.07) is 7.52. The smallest absolute Gasteiger partial charge is 0.230 e. The maximum Gasteiger partial charge on any atom is 0.230 e. The first-order valence-electron chi connectivity index (χ1n) is 6.90. The third-order valence-corrected chi connectivity index (χ3v) is 4.83. The number of ketones is 1. The molecule has 4 nitrogen and oxygen atoms in total. The summed E-state index contributed by atoms with van der Waals surface area (Å²) in [5.41, 5.74) is 2.64. The minimum atomic E-state index is -0.308. The van der Waals surface area contributed by atoms with Gasteiger partial charge in [0.05, 0.1) is 5.69 Å². The van der Waals surface area contributed by atoms with Crippen LogP contribution >= 0.6 is 11.3 Å². The van der Waals surface area contributed by atoms with Gasteiger partial charge in [0.1, 0.15) is 0 Å². The zero-order chi connectivity index (χ0) is 15.0. The molecule has 1 amide bonds. The number of carbonyl (C=O) groups excluding carboxylic acids is 2. The summed E-state index contributed by atoms with van der Waals surface area (Å²) in [7, 11) is 0. The summed E-state index contributed by atoms with van der Waals surface area (Å²) < 4.78 is 0. The van der Waals surface area contributed by atoms with Crippen LogP contribution in [-0.4, -0.2) is 16.7 Å². The highest BCUT2D eigenvalue weighted by Gasteiger charge is 2.30. The van der Waals surface area contributed by atoms with E-state index in [2.05, 4.69) is 10.3 Å². The molecule has 1 unspecified atom stereocenters. The van der Waals surface area contributed by atoms with Gasteiger partial charge in [-0.2, -0.15) is 0 Å². The Labute approximate surface area is 127 Å². The van der Waals surface area contributed by atoms with E-state index in [1.54, 1.807) is 0 Å². The number of carbonyl (C=O) groups is 2. The van der Waals surface area contributed by atoms with Crippen molar-refractivity contribution in [2.45, 2.75) is 26.7 Å². The van der Waals surface area contributed by atoms with Crippen LogP contribution in [-0.2, 0) is 11.2 Å². The molecule has 0 saturated carbocycles. The highest BCUT2D eigenvalue weighted by Crippen LogP contribution is 2.27. The summed E-state index contributed by atoms with van der Waals surface area (Å²) in [5.74, 6) is -0.382. The van der Waals surface area contributed by atoms with Crippen LogP contribution < -0.4 is 5.32 Å². The number of hydrogen-bond acceptors (Lipinski definition) is 4. The average molecular weight is 300 g/mol. The number of thiazole rings is 1.